The molecule has 2 aliphatic heterocycles. The Morgan fingerprint density at radius 3 is 2.34 bits per heavy atom. The molecule has 9 nitrogen and oxygen atoms in total. The third-order valence-corrected chi connectivity index (χ3v) is 7.17. The summed E-state index contributed by atoms with van der Waals surface area (Å²) in [5, 5.41) is 2.96. The van der Waals surface area contributed by atoms with Gasteiger partial charge in [-0.3, -0.25) is 14.6 Å². The van der Waals surface area contributed by atoms with Gasteiger partial charge in [0.05, 0.1) is 25.3 Å². The molecule has 38 heavy (non-hydrogen) atoms. The van der Waals surface area contributed by atoms with E-state index in [-0.39, 0.29) is 24.6 Å². The third kappa shape index (κ3) is 5.67. The number of nitrogens with zero attached hydrogens (tertiary/aromatic N) is 3. The first-order valence-corrected chi connectivity index (χ1v) is 12.9. The summed E-state index contributed by atoms with van der Waals surface area (Å²) in [6.07, 6.45) is 0. The van der Waals surface area contributed by atoms with Crippen LogP contribution in [0.3, 0.4) is 0 Å². The number of hydrogen-bond donors (Lipinski definition) is 1. The zero-order valence-electron chi connectivity index (χ0n) is 22.7. The van der Waals surface area contributed by atoms with E-state index in [0.717, 1.165) is 11.1 Å². The topological polar surface area (TPSA) is 91.4 Å². The van der Waals surface area contributed by atoms with Gasteiger partial charge in [-0.2, -0.15) is 0 Å². The smallest absolute Gasteiger partial charge is 0.338 e. The van der Waals surface area contributed by atoms with Crippen molar-refractivity contribution in [2.24, 2.45) is 0 Å². The van der Waals surface area contributed by atoms with E-state index in [1.807, 2.05) is 43.0 Å². The lowest BCUT2D eigenvalue weighted by Crippen LogP contribution is -2.56. The van der Waals surface area contributed by atoms with Crippen LogP contribution in [0.2, 0.25) is 0 Å². The average molecular weight is 521 g/mol. The summed E-state index contributed by atoms with van der Waals surface area (Å²) in [5.41, 5.74) is 3.57. The van der Waals surface area contributed by atoms with E-state index < -0.39 is 12.0 Å². The van der Waals surface area contributed by atoms with Crippen LogP contribution in [0.25, 0.3) is 0 Å². The van der Waals surface area contributed by atoms with Crippen LogP contribution < -0.4 is 10.1 Å². The van der Waals surface area contributed by atoms with Crippen LogP contribution >= 0.6 is 0 Å². The molecule has 0 unspecified atom stereocenters. The number of aryl methyl sites for hydroxylation is 1. The van der Waals surface area contributed by atoms with Crippen molar-refractivity contribution in [3.63, 3.8) is 0 Å². The number of urea groups is 1. The monoisotopic (exact) mass is 520 g/mol. The predicted molar refractivity (Wildman–Crippen MR) is 144 cm³/mol. The molecule has 2 aliphatic rings. The van der Waals surface area contributed by atoms with E-state index in [2.05, 4.69) is 10.2 Å². The maximum atomic E-state index is 13.2. The summed E-state index contributed by atoms with van der Waals surface area (Å²) in [6.45, 7) is 8.14. The number of methoxy groups -OCH3 is 1. The van der Waals surface area contributed by atoms with E-state index in [9.17, 15) is 14.4 Å². The molecule has 0 bridgehead atoms. The molecule has 9 heteroatoms. The van der Waals surface area contributed by atoms with Gasteiger partial charge in [-0.1, -0.05) is 29.8 Å². The van der Waals surface area contributed by atoms with E-state index in [1.165, 1.54) is 4.90 Å². The molecule has 2 heterocycles. The van der Waals surface area contributed by atoms with Crippen molar-refractivity contribution in [1.82, 2.24) is 20.0 Å². The summed E-state index contributed by atoms with van der Waals surface area (Å²) in [7, 11) is 3.26. The van der Waals surface area contributed by atoms with Crippen LogP contribution in [0.15, 0.2) is 59.8 Å². The minimum atomic E-state index is -0.608. The highest BCUT2D eigenvalue weighted by Gasteiger charge is 2.38. The Morgan fingerprint density at radius 1 is 1.05 bits per heavy atom. The Kier molecular flexibility index (Phi) is 8.36. The van der Waals surface area contributed by atoms with Crippen molar-refractivity contribution in [1.29, 1.82) is 0 Å². The first kappa shape index (κ1) is 27.2. The standard InChI is InChI=1S/C29H36N4O5/c1-6-38-28(35)25-24(31(4)29(36)30-26(25)21-9-7-19(2)8-10-21)18-32-15-16-33(20(3)17-32)27(34)22-11-13-23(37-5)14-12-22/h7-14,20,26H,6,15-18H2,1-5H3,(H,30,36)/t20-,26+/m0/s1. The first-order valence-electron chi connectivity index (χ1n) is 12.9. The van der Waals surface area contributed by atoms with Gasteiger partial charge in [0.2, 0.25) is 0 Å². The number of carbonyl (C=O) groups is 3. The number of piperazine rings is 1. The summed E-state index contributed by atoms with van der Waals surface area (Å²) < 4.78 is 10.6. The lowest BCUT2D eigenvalue weighted by molar-refractivity contribution is -0.139. The second kappa shape index (κ2) is 11.7. The molecule has 2 aromatic carbocycles. The number of hydrogen-bond acceptors (Lipinski definition) is 6. The number of benzene rings is 2. The summed E-state index contributed by atoms with van der Waals surface area (Å²) >= 11 is 0. The Balaban J connectivity index is 1.57. The maximum absolute atomic E-state index is 13.2. The predicted octanol–water partition coefficient (Wildman–Crippen LogP) is 3.36. The maximum Gasteiger partial charge on any atom is 0.338 e. The molecule has 3 amide bonds. The lowest BCUT2D eigenvalue weighted by atomic mass is 9.93. The minimum absolute atomic E-state index is 0.0279. The molecule has 1 N–H and O–H groups in total. The van der Waals surface area contributed by atoms with Crippen LogP contribution in [-0.4, -0.2) is 85.6 Å². The highest BCUT2D eigenvalue weighted by Crippen LogP contribution is 2.32. The summed E-state index contributed by atoms with van der Waals surface area (Å²) in [6, 6.07) is 13.9. The third-order valence-electron chi connectivity index (χ3n) is 7.17. The number of carbonyl (C=O) groups excluding carboxylic acids is 3. The number of ether oxygens (including phenoxy) is 2. The van der Waals surface area contributed by atoms with Crippen LogP contribution in [0.5, 0.6) is 5.75 Å². The molecule has 4 rings (SSSR count). The first-order chi connectivity index (χ1) is 18.2. The fourth-order valence-electron chi connectivity index (χ4n) is 5.00. The van der Waals surface area contributed by atoms with Crippen molar-refractivity contribution >= 4 is 17.9 Å². The normalized spacial score (nSPS) is 20.3. The van der Waals surface area contributed by atoms with Gasteiger partial charge in [0, 0.05) is 50.5 Å². The number of amides is 3. The van der Waals surface area contributed by atoms with Crippen LogP contribution in [0.4, 0.5) is 4.79 Å². The highest BCUT2D eigenvalue weighted by atomic mass is 16.5. The Morgan fingerprint density at radius 2 is 1.74 bits per heavy atom. The Hall–Kier alpha value is -3.85. The van der Waals surface area contributed by atoms with Crippen LogP contribution in [0.1, 0.15) is 41.4 Å². The van der Waals surface area contributed by atoms with Gasteiger partial charge in [0.1, 0.15) is 5.75 Å². The van der Waals surface area contributed by atoms with E-state index in [1.54, 1.807) is 45.3 Å². The van der Waals surface area contributed by atoms with Gasteiger partial charge in [-0.25, -0.2) is 9.59 Å². The highest BCUT2D eigenvalue weighted by molar-refractivity contribution is 5.95. The number of nitrogens with one attached hydrogen (secondary N) is 1. The molecule has 0 aromatic heterocycles. The van der Waals surface area contributed by atoms with Crippen molar-refractivity contribution in [3.8, 4) is 5.75 Å². The van der Waals surface area contributed by atoms with Crippen molar-refractivity contribution in [2.75, 3.05) is 46.9 Å². The van der Waals surface area contributed by atoms with Gasteiger partial charge in [0.25, 0.3) is 5.91 Å². The number of rotatable bonds is 7. The van der Waals surface area contributed by atoms with Gasteiger partial charge < -0.3 is 19.7 Å². The molecular formula is C29H36N4O5. The van der Waals surface area contributed by atoms with E-state index in [0.29, 0.717) is 48.8 Å². The SMILES string of the molecule is CCOC(=O)C1=C(CN2CCN(C(=O)c3ccc(OC)cc3)[C@@H](C)C2)N(C)C(=O)N[C@@H]1c1ccc(C)cc1. The second-order valence-electron chi connectivity index (χ2n) is 9.74. The molecular weight excluding hydrogens is 484 g/mol. The van der Waals surface area contributed by atoms with E-state index in [4.69, 9.17) is 9.47 Å². The fourth-order valence-corrected chi connectivity index (χ4v) is 5.00. The minimum Gasteiger partial charge on any atom is -0.497 e. The molecule has 0 aliphatic carbocycles. The summed E-state index contributed by atoms with van der Waals surface area (Å²) in [5.74, 6) is 0.232. The van der Waals surface area contributed by atoms with Crippen LogP contribution in [-0.2, 0) is 9.53 Å². The average Bonchev–Trinajstić information content (AvgIpc) is 2.91. The van der Waals surface area contributed by atoms with E-state index >= 15 is 0 Å². The summed E-state index contributed by atoms with van der Waals surface area (Å²) in [4.78, 5) is 44.9. The second-order valence-corrected chi connectivity index (χ2v) is 9.74. The fraction of sp³-hybridized carbons (Fsp3) is 0.414. The van der Waals surface area contributed by atoms with Gasteiger partial charge in [0.15, 0.2) is 0 Å². The number of esters is 1. The van der Waals surface area contributed by atoms with Crippen molar-refractivity contribution in [3.05, 3.63) is 76.5 Å². The quantitative estimate of drug-likeness (QED) is 0.563. The Labute approximate surface area is 224 Å². The van der Waals surface area contributed by atoms with Gasteiger partial charge >= 0.3 is 12.0 Å². The zero-order chi connectivity index (χ0) is 27.4. The van der Waals surface area contributed by atoms with Crippen LogP contribution in [0, 0.1) is 6.92 Å². The largest absolute Gasteiger partial charge is 0.497 e. The molecule has 2 aromatic rings. The van der Waals surface area contributed by atoms with Gasteiger partial charge in [-0.05, 0) is 50.6 Å². The lowest BCUT2D eigenvalue weighted by Gasteiger charge is -2.42. The molecule has 2 atom stereocenters. The molecule has 1 fully saturated rings. The molecule has 0 radical (unpaired) electrons. The van der Waals surface area contributed by atoms with Crippen molar-refractivity contribution < 1.29 is 23.9 Å². The Bertz CT molecular complexity index is 1210. The van der Waals surface area contributed by atoms with Crippen molar-refractivity contribution in [2.45, 2.75) is 32.9 Å². The zero-order valence-corrected chi connectivity index (χ0v) is 22.7. The molecule has 202 valence electrons. The molecule has 1 saturated heterocycles. The molecule has 0 saturated carbocycles. The number of likely N-dealkylation sites (N-methyl/N-ethyl adjacent to an activating group) is 1. The van der Waals surface area contributed by atoms with Gasteiger partial charge in [-0.15, -0.1) is 0 Å². The molecule has 0 spiro atoms.